The number of carbonyl (C=O) groups excluding carboxylic acids is 1. The first-order valence-corrected chi connectivity index (χ1v) is 9.19. The maximum Gasteiger partial charge on any atom is 0.257 e. The van der Waals surface area contributed by atoms with E-state index in [9.17, 15) is 4.79 Å². The fourth-order valence-electron chi connectivity index (χ4n) is 4.10. The lowest BCUT2D eigenvalue weighted by Crippen LogP contribution is -2.56. The highest BCUT2D eigenvalue weighted by molar-refractivity contribution is 5.93. The first kappa shape index (κ1) is 17.2. The van der Waals surface area contributed by atoms with Crippen LogP contribution in [0.1, 0.15) is 35.2 Å². The van der Waals surface area contributed by atoms with Crippen molar-refractivity contribution in [2.24, 2.45) is 5.92 Å². The molecule has 1 aliphatic carbocycles. The molecule has 26 heavy (non-hydrogen) atoms. The lowest BCUT2D eigenvalue weighted by molar-refractivity contribution is -0.134. The molecule has 2 atom stereocenters. The summed E-state index contributed by atoms with van der Waals surface area (Å²) in [5.41, 5.74) is 1.39. The Morgan fingerprint density at radius 1 is 1.42 bits per heavy atom. The number of nitrogens with zero attached hydrogens (tertiary/aromatic N) is 2. The monoisotopic (exact) mass is 356 g/mol. The second-order valence-corrected chi connectivity index (χ2v) is 7.12. The quantitative estimate of drug-likeness (QED) is 0.824. The van der Waals surface area contributed by atoms with Gasteiger partial charge in [0.15, 0.2) is 0 Å². The van der Waals surface area contributed by atoms with Crippen LogP contribution >= 0.6 is 0 Å². The molecule has 6 nitrogen and oxygen atoms in total. The van der Waals surface area contributed by atoms with Crippen LogP contribution in [0.3, 0.4) is 0 Å². The molecule has 1 amide bonds. The van der Waals surface area contributed by atoms with Crippen molar-refractivity contribution in [1.82, 2.24) is 9.88 Å². The van der Waals surface area contributed by atoms with Crippen LogP contribution in [0.4, 0.5) is 0 Å². The molecule has 1 saturated carbocycles. The first-order valence-electron chi connectivity index (χ1n) is 9.19. The summed E-state index contributed by atoms with van der Waals surface area (Å²) in [6.07, 6.45) is 9.78. The van der Waals surface area contributed by atoms with E-state index >= 15 is 0 Å². The molecule has 2 aromatic heterocycles. The van der Waals surface area contributed by atoms with Crippen molar-refractivity contribution in [2.45, 2.75) is 31.5 Å². The highest BCUT2D eigenvalue weighted by atomic mass is 16.5. The van der Waals surface area contributed by atoms with Crippen molar-refractivity contribution in [3.05, 3.63) is 54.2 Å². The molecule has 4 rings (SSSR count). The number of furan rings is 1. The van der Waals surface area contributed by atoms with Gasteiger partial charge in [-0.05, 0) is 30.5 Å². The van der Waals surface area contributed by atoms with Crippen molar-refractivity contribution in [1.29, 1.82) is 0 Å². The first-order chi connectivity index (χ1) is 12.8. The molecule has 0 N–H and O–H groups in total. The molecule has 0 aromatic carbocycles. The second-order valence-electron chi connectivity index (χ2n) is 7.12. The van der Waals surface area contributed by atoms with Crippen molar-refractivity contribution < 1.29 is 18.7 Å². The number of aromatic nitrogens is 1. The van der Waals surface area contributed by atoms with E-state index in [1.807, 2.05) is 23.2 Å². The molecule has 2 aliphatic rings. The molecular weight excluding hydrogens is 332 g/mol. The fourth-order valence-corrected chi connectivity index (χ4v) is 4.10. The van der Waals surface area contributed by atoms with Gasteiger partial charge in [-0.15, -0.1) is 0 Å². The summed E-state index contributed by atoms with van der Waals surface area (Å²) in [6.45, 7) is 3.01. The summed E-state index contributed by atoms with van der Waals surface area (Å²) in [4.78, 5) is 18.7. The minimum Gasteiger partial charge on any atom is -0.472 e. The van der Waals surface area contributed by atoms with Gasteiger partial charge in [0, 0.05) is 24.9 Å². The van der Waals surface area contributed by atoms with Crippen molar-refractivity contribution in [3.63, 3.8) is 0 Å². The third-order valence-electron chi connectivity index (χ3n) is 5.47. The molecular formula is C20H24N2O4. The fraction of sp³-hybridized carbons (Fsp3) is 0.500. The topological polar surface area (TPSA) is 64.8 Å². The van der Waals surface area contributed by atoms with Gasteiger partial charge in [-0.1, -0.05) is 12.5 Å². The predicted octanol–water partition coefficient (Wildman–Crippen LogP) is 2.90. The number of hydrogen-bond acceptors (Lipinski definition) is 5. The Morgan fingerprint density at radius 3 is 3.19 bits per heavy atom. The normalized spacial score (nSPS) is 25.7. The van der Waals surface area contributed by atoms with E-state index in [1.165, 1.54) is 12.5 Å². The molecule has 0 unspecified atom stereocenters. The lowest BCUT2D eigenvalue weighted by atomic mass is 9.89. The summed E-state index contributed by atoms with van der Waals surface area (Å²) in [5, 5.41) is 0. The molecule has 1 saturated heterocycles. The zero-order valence-corrected chi connectivity index (χ0v) is 14.8. The Labute approximate surface area is 153 Å². The van der Waals surface area contributed by atoms with Gasteiger partial charge in [0.2, 0.25) is 0 Å². The predicted molar refractivity (Wildman–Crippen MR) is 94.5 cm³/mol. The van der Waals surface area contributed by atoms with Gasteiger partial charge in [0.25, 0.3) is 5.91 Å². The van der Waals surface area contributed by atoms with Crippen LogP contribution in [0.15, 0.2) is 47.5 Å². The minimum absolute atomic E-state index is 0.0170. The van der Waals surface area contributed by atoms with Gasteiger partial charge in [-0.2, -0.15) is 0 Å². The summed E-state index contributed by atoms with van der Waals surface area (Å²) < 4.78 is 17.2. The van der Waals surface area contributed by atoms with E-state index in [1.54, 1.807) is 12.3 Å². The zero-order chi connectivity index (χ0) is 17.8. The van der Waals surface area contributed by atoms with E-state index in [2.05, 4.69) is 4.98 Å². The van der Waals surface area contributed by atoms with Gasteiger partial charge < -0.3 is 18.8 Å². The SMILES string of the molecule is O=C(c1ccoc1)N1CCO[C@]2(CCC[C@@H]2COCc2cccnc2)C1. The second kappa shape index (κ2) is 7.60. The zero-order valence-electron chi connectivity index (χ0n) is 14.8. The van der Waals surface area contributed by atoms with E-state index < -0.39 is 0 Å². The molecule has 2 fully saturated rings. The summed E-state index contributed by atoms with van der Waals surface area (Å²) in [7, 11) is 0. The van der Waals surface area contributed by atoms with Crippen LogP contribution in [0.2, 0.25) is 0 Å². The van der Waals surface area contributed by atoms with Crippen LogP contribution in [0.25, 0.3) is 0 Å². The van der Waals surface area contributed by atoms with Gasteiger partial charge >= 0.3 is 0 Å². The molecule has 138 valence electrons. The molecule has 2 aromatic rings. The summed E-state index contributed by atoms with van der Waals surface area (Å²) in [5.74, 6) is 0.322. The highest BCUT2D eigenvalue weighted by Gasteiger charge is 2.48. The third kappa shape index (κ3) is 3.52. The Bertz CT molecular complexity index is 719. The number of ether oxygens (including phenoxy) is 2. The van der Waals surface area contributed by atoms with Crippen LogP contribution < -0.4 is 0 Å². The Kier molecular flexibility index (Phi) is 5.04. The molecule has 0 radical (unpaired) electrons. The Hall–Kier alpha value is -2.18. The molecule has 1 spiro atoms. The van der Waals surface area contributed by atoms with E-state index in [4.69, 9.17) is 13.9 Å². The van der Waals surface area contributed by atoms with Crippen LogP contribution in [-0.4, -0.2) is 47.7 Å². The lowest BCUT2D eigenvalue weighted by Gasteiger charge is -2.44. The number of hydrogen-bond donors (Lipinski definition) is 0. The number of morpholine rings is 1. The van der Waals surface area contributed by atoms with E-state index in [0.29, 0.717) is 44.4 Å². The molecule has 0 bridgehead atoms. The van der Waals surface area contributed by atoms with Gasteiger partial charge in [0.05, 0.1) is 43.8 Å². The van der Waals surface area contributed by atoms with Gasteiger partial charge in [-0.3, -0.25) is 9.78 Å². The number of pyridine rings is 1. The molecule has 6 heteroatoms. The number of rotatable bonds is 5. The number of carbonyl (C=O) groups is 1. The average Bonchev–Trinajstić information content (AvgIpc) is 3.33. The summed E-state index contributed by atoms with van der Waals surface area (Å²) >= 11 is 0. The largest absolute Gasteiger partial charge is 0.472 e. The maximum absolute atomic E-state index is 12.7. The van der Waals surface area contributed by atoms with E-state index in [0.717, 1.165) is 24.8 Å². The Morgan fingerprint density at radius 2 is 2.38 bits per heavy atom. The summed E-state index contributed by atoms with van der Waals surface area (Å²) in [6, 6.07) is 5.65. The maximum atomic E-state index is 12.7. The van der Waals surface area contributed by atoms with Crippen molar-refractivity contribution in [2.75, 3.05) is 26.3 Å². The Balaban J connectivity index is 1.38. The molecule has 1 aliphatic heterocycles. The smallest absolute Gasteiger partial charge is 0.257 e. The van der Waals surface area contributed by atoms with Crippen LogP contribution in [-0.2, 0) is 16.1 Å². The number of amides is 1. The van der Waals surface area contributed by atoms with Crippen molar-refractivity contribution >= 4 is 5.91 Å². The van der Waals surface area contributed by atoms with Crippen LogP contribution in [0.5, 0.6) is 0 Å². The van der Waals surface area contributed by atoms with Crippen LogP contribution in [0, 0.1) is 5.92 Å². The average molecular weight is 356 g/mol. The molecule has 3 heterocycles. The van der Waals surface area contributed by atoms with Gasteiger partial charge in [0.1, 0.15) is 6.26 Å². The highest BCUT2D eigenvalue weighted by Crippen LogP contribution is 2.41. The van der Waals surface area contributed by atoms with E-state index in [-0.39, 0.29) is 11.5 Å². The van der Waals surface area contributed by atoms with Crippen molar-refractivity contribution in [3.8, 4) is 0 Å². The third-order valence-corrected chi connectivity index (χ3v) is 5.47. The standard InChI is InChI=1S/C20H24N2O4/c23-19(17-5-9-24-13-17)22-8-10-26-20(15-22)6-1-4-18(20)14-25-12-16-3-2-7-21-11-16/h2-3,5,7,9,11,13,18H,1,4,6,8,10,12,14-15H2/t18-,20-/m1/s1. The van der Waals surface area contributed by atoms with Gasteiger partial charge in [-0.25, -0.2) is 0 Å². The minimum atomic E-state index is -0.285.